The molecule has 1 aliphatic carbocycles. The number of carbonyl (C=O) groups excluding carboxylic acids is 1. The zero-order valence-corrected chi connectivity index (χ0v) is 15.1. The minimum absolute atomic E-state index is 0.228. The van der Waals surface area contributed by atoms with Crippen molar-refractivity contribution in [2.24, 2.45) is 0 Å². The third-order valence-electron chi connectivity index (χ3n) is 5.87. The van der Waals surface area contributed by atoms with Gasteiger partial charge in [-0.05, 0) is 60.9 Å². The average Bonchev–Trinajstić information content (AvgIpc) is 3.16. The lowest BCUT2D eigenvalue weighted by molar-refractivity contribution is -0.141. The summed E-state index contributed by atoms with van der Waals surface area (Å²) in [6.45, 7) is 0.488. The van der Waals surface area contributed by atoms with Crippen LogP contribution in [0.15, 0.2) is 48.5 Å². The molecule has 1 unspecified atom stereocenters. The van der Waals surface area contributed by atoms with Crippen LogP contribution >= 0.6 is 0 Å². The van der Waals surface area contributed by atoms with Crippen molar-refractivity contribution in [3.05, 3.63) is 59.7 Å². The zero-order valence-electron chi connectivity index (χ0n) is 15.1. The molecule has 1 amide bonds. The molecule has 1 atom stereocenters. The molecule has 2 aromatic carbocycles. The Labute approximate surface area is 158 Å². The molecule has 27 heavy (non-hydrogen) atoms. The summed E-state index contributed by atoms with van der Waals surface area (Å²) in [5.74, 6) is -1.17. The van der Waals surface area contributed by atoms with E-state index in [-0.39, 0.29) is 5.91 Å². The fraction of sp³-hybridized carbons (Fsp3) is 0.364. The van der Waals surface area contributed by atoms with E-state index in [0.29, 0.717) is 18.5 Å². The number of aliphatic hydroxyl groups is 1. The zero-order chi connectivity index (χ0) is 19.0. The minimum atomic E-state index is -0.939. The first-order valence-corrected chi connectivity index (χ1v) is 9.45. The first-order chi connectivity index (χ1) is 13.0. The highest BCUT2D eigenvalue weighted by atomic mass is 16.4. The van der Waals surface area contributed by atoms with Crippen LogP contribution in [0.2, 0.25) is 0 Å². The van der Waals surface area contributed by atoms with Gasteiger partial charge in [-0.25, -0.2) is 4.79 Å². The Balaban J connectivity index is 1.50. The van der Waals surface area contributed by atoms with Crippen molar-refractivity contribution in [1.82, 2.24) is 4.90 Å². The van der Waals surface area contributed by atoms with Gasteiger partial charge in [-0.1, -0.05) is 36.4 Å². The van der Waals surface area contributed by atoms with Gasteiger partial charge in [-0.2, -0.15) is 0 Å². The Bertz CT molecular complexity index is 853. The van der Waals surface area contributed by atoms with Crippen molar-refractivity contribution in [3.8, 4) is 11.1 Å². The normalized spacial score (nSPS) is 20.9. The smallest absolute Gasteiger partial charge is 0.326 e. The van der Waals surface area contributed by atoms with Crippen LogP contribution in [-0.4, -0.2) is 39.6 Å². The molecule has 140 valence electrons. The molecule has 0 spiro atoms. The Morgan fingerprint density at radius 2 is 1.52 bits per heavy atom. The van der Waals surface area contributed by atoms with Crippen LogP contribution in [-0.2, 0) is 10.4 Å². The summed E-state index contributed by atoms with van der Waals surface area (Å²) in [6, 6.07) is 14.5. The van der Waals surface area contributed by atoms with Crippen LogP contribution in [0, 0.1) is 0 Å². The number of rotatable bonds is 4. The molecule has 0 radical (unpaired) electrons. The van der Waals surface area contributed by atoms with E-state index in [4.69, 9.17) is 0 Å². The van der Waals surface area contributed by atoms with Crippen LogP contribution in [0.5, 0.6) is 0 Å². The lowest BCUT2D eigenvalue weighted by Gasteiger charge is -2.37. The highest BCUT2D eigenvalue weighted by Crippen LogP contribution is 2.41. The summed E-state index contributed by atoms with van der Waals surface area (Å²) in [4.78, 5) is 25.4. The first-order valence-electron chi connectivity index (χ1n) is 9.45. The number of carboxylic acids is 1. The molecule has 5 nitrogen and oxygen atoms in total. The fourth-order valence-electron chi connectivity index (χ4n) is 4.01. The number of nitrogens with zero attached hydrogens (tertiary/aromatic N) is 1. The number of hydrogen-bond acceptors (Lipinski definition) is 3. The fourth-order valence-corrected chi connectivity index (χ4v) is 4.01. The molecule has 4 rings (SSSR count). The molecule has 1 heterocycles. The van der Waals surface area contributed by atoms with Crippen LogP contribution < -0.4 is 0 Å². The van der Waals surface area contributed by atoms with Gasteiger partial charge in [0.25, 0.3) is 5.91 Å². The van der Waals surface area contributed by atoms with E-state index in [2.05, 4.69) is 0 Å². The minimum Gasteiger partial charge on any atom is -0.480 e. The molecule has 1 aliphatic heterocycles. The number of likely N-dealkylation sites (tertiary alicyclic amines) is 1. The van der Waals surface area contributed by atoms with Gasteiger partial charge in [-0.3, -0.25) is 4.79 Å². The summed E-state index contributed by atoms with van der Waals surface area (Å²) in [7, 11) is 0. The van der Waals surface area contributed by atoms with E-state index in [1.54, 1.807) is 12.1 Å². The first kappa shape index (κ1) is 17.7. The van der Waals surface area contributed by atoms with Crippen LogP contribution in [0.4, 0.5) is 0 Å². The maximum absolute atomic E-state index is 12.6. The maximum atomic E-state index is 12.6. The van der Waals surface area contributed by atoms with Crippen LogP contribution in [0.25, 0.3) is 11.1 Å². The van der Waals surface area contributed by atoms with Gasteiger partial charge in [-0.15, -0.1) is 0 Å². The van der Waals surface area contributed by atoms with Crippen molar-refractivity contribution in [2.45, 2.75) is 43.7 Å². The van der Waals surface area contributed by atoms with Crippen molar-refractivity contribution in [3.63, 3.8) is 0 Å². The van der Waals surface area contributed by atoms with E-state index in [0.717, 1.165) is 42.4 Å². The van der Waals surface area contributed by atoms with Crippen LogP contribution in [0.3, 0.4) is 0 Å². The summed E-state index contributed by atoms with van der Waals surface area (Å²) < 4.78 is 0. The van der Waals surface area contributed by atoms with Gasteiger partial charge in [0.2, 0.25) is 0 Å². The average molecular weight is 365 g/mol. The molecular formula is C22H23NO4. The predicted molar refractivity (Wildman–Crippen MR) is 101 cm³/mol. The van der Waals surface area contributed by atoms with E-state index >= 15 is 0 Å². The van der Waals surface area contributed by atoms with Crippen LogP contribution in [0.1, 0.15) is 48.0 Å². The SMILES string of the molecule is O=C(O)C1CCCN1C(=O)c1ccc(-c2ccc(C3(O)CCC3)cc2)cc1. The van der Waals surface area contributed by atoms with Gasteiger partial charge >= 0.3 is 5.97 Å². The number of aliphatic carboxylic acids is 1. The number of carbonyl (C=O) groups is 2. The number of amides is 1. The van der Waals surface area contributed by atoms with Crippen molar-refractivity contribution >= 4 is 11.9 Å². The van der Waals surface area contributed by atoms with Gasteiger partial charge in [0.1, 0.15) is 6.04 Å². The van der Waals surface area contributed by atoms with E-state index in [1.807, 2.05) is 36.4 Å². The van der Waals surface area contributed by atoms with Crippen molar-refractivity contribution < 1.29 is 19.8 Å². The summed E-state index contributed by atoms with van der Waals surface area (Å²) >= 11 is 0. The Morgan fingerprint density at radius 1 is 0.926 bits per heavy atom. The topological polar surface area (TPSA) is 77.8 Å². The molecule has 1 saturated heterocycles. The highest BCUT2D eigenvalue weighted by molar-refractivity contribution is 5.97. The molecule has 2 aromatic rings. The summed E-state index contributed by atoms with van der Waals surface area (Å²) in [5, 5.41) is 19.7. The second-order valence-corrected chi connectivity index (χ2v) is 7.53. The molecular weight excluding hydrogens is 342 g/mol. The van der Waals surface area contributed by atoms with Gasteiger partial charge < -0.3 is 15.1 Å². The second-order valence-electron chi connectivity index (χ2n) is 7.53. The molecule has 2 aliphatic rings. The quantitative estimate of drug-likeness (QED) is 0.870. The highest BCUT2D eigenvalue weighted by Gasteiger charge is 2.36. The van der Waals surface area contributed by atoms with E-state index in [9.17, 15) is 19.8 Å². The monoisotopic (exact) mass is 365 g/mol. The Hall–Kier alpha value is -2.66. The van der Waals surface area contributed by atoms with E-state index in [1.165, 1.54) is 4.90 Å². The van der Waals surface area contributed by atoms with Gasteiger partial charge in [0, 0.05) is 12.1 Å². The second kappa shape index (κ2) is 6.82. The molecule has 0 aromatic heterocycles. The van der Waals surface area contributed by atoms with E-state index < -0.39 is 17.6 Å². The Morgan fingerprint density at radius 3 is 2.04 bits per heavy atom. The molecule has 2 fully saturated rings. The lowest BCUT2D eigenvalue weighted by atomic mass is 9.75. The Kier molecular flexibility index (Phi) is 4.48. The van der Waals surface area contributed by atoms with Crippen molar-refractivity contribution in [1.29, 1.82) is 0 Å². The third kappa shape index (κ3) is 3.23. The number of benzene rings is 2. The molecule has 0 bridgehead atoms. The molecule has 1 saturated carbocycles. The largest absolute Gasteiger partial charge is 0.480 e. The van der Waals surface area contributed by atoms with Gasteiger partial charge in [0.15, 0.2) is 0 Å². The predicted octanol–water partition coefficient (Wildman–Crippen LogP) is 3.41. The number of carboxylic acid groups (broad SMARTS) is 1. The third-order valence-corrected chi connectivity index (χ3v) is 5.87. The summed E-state index contributed by atoms with van der Waals surface area (Å²) in [5.41, 5.74) is 2.80. The number of hydrogen-bond donors (Lipinski definition) is 2. The van der Waals surface area contributed by atoms with Gasteiger partial charge in [0.05, 0.1) is 5.60 Å². The standard InChI is InChI=1S/C22H23NO4/c24-20(23-14-1-3-19(23)21(25)26)17-6-4-15(5-7-17)16-8-10-18(11-9-16)22(27)12-2-13-22/h4-11,19,27H,1-3,12-14H2,(H,25,26). The molecule has 2 N–H and O–H groups in total. The molecule has 5 heteroatoms. The lowest BCUT2D eigenvalue weighted by Crippen LogP contribution is -2.40. The summed E-state index contributed by atoms with van der Waals surface area (Å²) in [6.07, 6.45) is 3.93. The van der Waals surface area contributed by atoms with Crippen molar-refractivity contribution in [2.75, 3.05) is 6.54 Å². The maximum Gasteiger partial charge on any atom is 0.326 e.